The fourth-order valence-corrected chi connectivity index (χ4v) is 4.20. The fraction of sp³-hybridized carbons (Fsp3) is 0.120. The summed E-state index contributed by atoms with van der Waals surface area (Å²) < 4.78 is 13.3. The summed E-state index contributed by atoms with van der Waals surface area (Å²) in [7, 11) is 0. The molecule has 148 valence electrons. The maximum atomic E-state index is 13.3. The van der Waals surface area contributed by atoms with Gasteiger partial charge < -0.3 is 10.5 Å². The average molecular weight is 397 g/mol. The minimum absolute atomic E-state index is 0.253. The molecule has 30 heavy (non-hydrogen) atoms. The van der Waals surface area contributed by atoms with E-state index in [1.807, 2.05) is 30.3 Å². The molecule has 4 nitrogen and oxygen atoms in total. The summed E-state index contributed by atoms with van der Waals surface area (Å²) in [4.78, 5) is 4.79. The van der Waals surface area contributed by atoms with Gasteiger partial charge in [0, 0.05) is 16.5 Å². The molecule has 0 amide bonds. The van der Waals surface area contributed by atoms with Crippen LogP contribution in [0.1, 0.15) is 34.7 Å². The topological polar surface area (TPSA) is 57.5 Å². The molecule has 0 aliphatic heterocycles. The monoisotopic (exact) mass is 397 g/mol. The molecular weight excluding hydrogens is 377 g/mol. The Hall–Kier alpha value is -3.73. The number of nitrogens with one attached hydrogen (secondary N) is 1. The lowest BCUT2D eigenvalue weighted by Crippen LogP contribution is -2.09. The molecule has 0 spiro atoms. The van der Waals surface area contributed by atoms with Crippen molar-refractivity contribution in [2.45, 2.75) is 18.9 Å². The first kappa shape index (κ1) is 18.3. The highest BCUT2D eigenvalue weighted by Gasteiger charge is 2.22. The second kappa shape index (κ2) is 7.59. The Balaban J connectivity index is 1.49. The first-order valence-electron chi connectivity index (χ1n) is 9.95. The fourth-order valence-electron chi connectivity index (χ4n) is 4.20. The molecule has 0 bridgehead atoms. The molecule has 0 saturated heterocycles. The number of hydrogen-bond donors (Lipinski definition) is 2. The number of oxime groups is 1. The van der Waals surface area contributed by atoms with Gasteiger partial charge >= 0.3 is 0 Å². The van der Waals surface area contributed by atoms with Crippen LogP contribution in [0.4, 0.5) is 10.2 Å². The summed E-state index contributed by atoms with van der Waals surface area (Å²) in [6.07, 6.45) is 2.12. The smallest absolute Gasteiger partial charge is 0.127 e. The lowest BCUT2D eigenvalue weighted by atomic mass is 9.98. The lowest BCUT2D eigenvalue weighted by Gasteiger charge is -2.16. The van der Waals surface area contributed by atoms with Gasteiger partial charge in [0.05, 0.1) is 11.6 Å². The highest BCUT2D eigenvalue weighted by Crippen LogP contribution is 2.33. The first-order valence-corrected chi connectivity index (χ1v) is 9.95. The van der Waals surface area contributed by atoms with Crippen LogP contribution in [-0.2, 0) is 6.42 Å². The summed E-state index contributed by atoms with van der Waals surface area (Å²) in [5.74, 6) is 0.477. The summed E-state index contributed by atoms with van der Waals surface area (Å²) in [6.45, 7) is 0. The number of hydrogen-bond acceptors (Lipinski definition) is 4. The van der Waals surface area contributed by atoms with Crippen LogP contribution in [0.25, 0.3) is 10.9 Å². The van der Waals surface area contributed by atoms with Crippen molar-refractivity contribution >= 4 is 22.4 Å². The maximum absolute atomic E-state index is 13.3. The molecule has 1 aromatic heterocycles. The second-order valence-electron chi connectivity index (χ2n) is 7.46. The molecule has 0 unspecified atom stereocenters. The molecule has 5 rings (SSSR count). The summed E-state index contributed by atoms with van der Waals surface area (Å²) >= 11 is 0. The van der Waals surface area contributed by atoms with Gasteiger partial charge in [0.1, 0.15) is 17.3 Å². The van der Waals surface area contributed by atoms with Gasteiger partial charge in [0.15, 0.2) is 0 Å². The molecule has 4 aromatic rings. The van der Waals surface area contributed by atoms with Crippen LogP contribution in [0.3, 0.4) is 0 Å². The Kier molecular flexibility index (Phi) is 4.64. The van der Waals surface area contributed by atoms with Crippen LogP contribution < -0.4 is 5.32 Å². The van der Waals surface area contributed by atoms with E-state index in [0.717, 1.165) is 35.1 Å². The molecule has 0 radical (unpaired) electrons. The molecular formula is C25H20FN3O. The average Bonchev–Trinajstić information content (AvgIpc) is 3.18. The van der Waals surface area contributed by atoms with E-state index in [0.29, 0.717) is 11.3 Å². The van der Waals surface area contributed by atoms with Gasteiger partial charge in [-0.3, -0.25) is 0 Å². The zero-order valence-electron chi connectivity index (χ0n) is 16.2. The highest BCUT2D eigenvalue weighted by molar-refractivity contribution is 6.18. The molecule has 3 aromatic carbocycles. The normalized spacial score (nSPS) is 15.9. The predicted octanol–water partition coefficient (Wildman–Crippen LogP) is 5.70. The minimum atomic E-state index is -0.333. The maximum Gasteiger partial charge on any atom is 0.127 e. The minimum Gasteiger partial charge on any atom is -0.410 e. The van der Waals surface area contributed by atoms with Gasteiger partial charge in [-0.25, -0.2) is 9.37 Å². The third kappa shape index (κ3) is 3.28. The van der Waals surface area contributed by atoms with Crippen molar-refractivity contribution < 1.29 is 9.60 Å². The molecule has 1 heterocycles. The third-order valence-electron chi connectivity index (χ3n) is 5.66. The Bertz CT molecular complexity index is 1250. The number of aryl methyl sites for hydroxylation is 1. The number of benzene rings is 3. The van der Waals surface area contributed by atoms with E-state index in [1.165, 1.54) is 23.3 Å². The van der Waals surface area contributed by atoms with Crippen LogP contribution in [0.15, 0.2) is 84.0 Å². The quantitative estimate of drug-likeness (QED) is 0.264. The Morgan fingerprint density at radius 3 is 2.63 bits per heavy atom. The van der Waals surface area contributed by atoms with Crippen molar-refractivity contribution in [3.8, 4) is 0 Å². The zero-order valence-corrected chi connectivity index (χ0v) is 16.2. The van der Waals surface area contributed by atoms with E-state index in [4.69, 9.17) is 4.98 Å². The van der Waals surface area contributed by atoms with Crippen molar-refractivity contribution in [2.24, 2.45) is 5.16 Å². The molecule has 5 heteroatoms. The van der Waals surface area contributed by atoms with Crippen molar-refractivity contribution in [2.75, 3.05) is 5.32 Å². The van der Waals surface area contributed by atoms with Crippen LogP contribution >= 0.6 is 0 Å². The van der Waals surface area contributed by atoms with Crippen molar-refractivity contribution in [1.82, 2.24) is 4.98 Å². The standard InChI is InChI=1S/C25H20FN3O/c26-18-11-8-17(9-12-18)25(29-30)21-6-3-7-22-20(21)13-15-24(27-22)28-23-14-10-16-4-1-2-5-19(16)23/h1-9,11-13,15,23,30H,10,14H2,(H,27,28)/b29-25+/t23-/m1/s1. The number of anilines is 1. The number of halogens is 1. The summed E-state index contributed by atoms with van der Waals surface area (Å²) in [5.41, 5.74) is 5.28. The number of aromatic nitrogens is 1. The van der Waals surface area contributed by atoms with Gasteiger partial charge in [0.2, 0.25) is 0 Å². The molecule has 0 saturated carbocycles. The van der Waals surface area contributed by atoms with Gasteiger partial charge in [-0.2, -0.15) is 0 Å². The van der Waals surface area contributed by atoms with Crippen LogP contribution in [0, 0.1) is 5.82 Å². The van der Waals surface area contributed by atoms with E-state index >= 15 is 0 Å². The Morgan fingerprint density at radius 2 is 1.80 bits per heavy atom. The second-order valence-corrected chi connectivity index (χ2v) is 7.46. The zero-order chi connectivity index (χ0) is 20.5. The van der Waals surface area contributed by atoms with Crippen LogP contribution in [0.2, 0.25) is 0 Å². The van der Waals surface area contributed by atoms with Crippen LogP contribution in [0.5, 0.6) is 0 Å². The van der Waals surface area contributed by atoms with E-state index in [9.17, 15) is 9.60 Å². The van der Waals surface area contributed by atoms with E-state index < -0.39 is 0 Å². The van der Waals surface area contributed by atoms with Gasteiger partial charge in [-0.05, 0) is 66.4 Å². The molecule has 1 atom stereocenters. The number of rotatable bonds is 4. The Morgan fingerprint density at radius 1 is 0.967 bits per heavy atom. The number of pyridine rings is 1. The van der Waals surface area contributed by atoms with E-state index in [-0.39, 0.29) is 11.9 Å². The van der Waals surface area contributed by atoms with Crippen molar-refractivity contribution in [1.29, 1.82) is 0 Å². The van der Waals surface area contributed by atoms with Crippen molar-refractivity contribution in [3.05, 3.63) is 107 Å². The molecule has 1 aliphatic rings. The first-order chi connectivity index (χ1) is 14.7. The Labute approximate surface area is 173 Å². The molecule has 0 fully saturated rings. The van der Waals surface area contributed by atoms with Gasteiger partial charge in [0.25, 0.3) is 0 Å². The van der Waals surface area contributed by atoms with E-state index in [2.05, 4.69) is 34.7 Å². The van der Waals surface area contributed by atoms with E-state index in [1.54, 1.807) is 12.1 Å². The van der Waals surface area contributed by atoms with Crippen LogP contribution in [-0.4, -0.2) is 15.9 Å². The van der Waals surface area contributed by atoms with Crippen molar-refractivity contribution in [3.63, 3.8) is 0 Å². The third-order valence-corrected chi connectivity index (χ3v) is 5.66. The van der Waals surface area contributed by atoms with Gasteiger partial charge in [-0.1, -0.05) is 41.6 Å². The number of nitrogens with zero attached hydrogens (tertiary/aromatic N) is 2. The molecule has 2 N–H and O–H groups in total. The lowest BCUT2D eigenvalue weighted by molar-refractivity contribution is 0.319. The molecule has 1 aliphatic carbocycles. The SMILES string of the molecule is O/N=C(\c1ccc(F)cc1)c1cccc2nc(N[C@@H]3CCc4ccccc43)ccc12. The predicted molar refractivity (Wildman–Crippen MR) is 117 cm³/mol. The van der Waals surface area contributed by atoms with Gasteiger partial charge in [-0.15, -0.1) is 0 Å². The summed E-state index contributed by atoms with van der Waals surface area (Å²) in [5, 5.41) is 17.6. The number of fused-ring (bicyclic) bond motifs is 2. The highest BCUT2D eigenvalue weighted by atomic mass is 19.1. The summed E-state index contributed by atoms with van der Waals surface area (Å²) in [6, 6.07) is 24.3. The largest absolute Gasteiger partial charge is 0.410 e.